The van der Waals surface area contributed by atoms with Gasteiger partial charge in [0.2, 0.25) is 0 Å². The zero-order chi connectivity index (χ0) is 18.1. The van der Waals surface area contributed by atoms with Crippen LogP contribution in [0.2, 0.25) is 0 Å². The summed E-state index contributed by atoms with van der Waals surface area (Å²) >= 11 is 0. The maximum Gasteiger partial charge on any atom is 0.481 e. The van der Waals surface area contributed by atoms with Gasteiger partial charge in [0.15, 0.2) is 0 Å². The molecule has 0 saturated heterocycles. The van der Waals surface area contributed by atoms with Crippen molar-refractivity contribution in [3.05, 3.63) is 0 Å². The van der Waals surface area contributed by atoms with Crippen molar-refractivity contribution in [1.82, 2.24) is 0 Å². The summed E-state index contributed by atoms with van der Waals surface area (Å²) in [6.07, 6.45) is 7.32. The van der Waals surface area contributed by atoms with Crippen molar-refractivity contribution in [2.24, 2.45) is 0 Å². The van der Waals surface area contributed by atoms with Gasteiger partial charge in [0.05, 0.1) is 26.4 Å². The first-order valence-corrected chi connectivity index (χ1v) is 11.8. The van der Waals surface area contributed by atoms with E-state index in [0.29, 0.717) is 26.4 Å². The largest absolute Gasteiger partial charge is 0.481 e. The van der Waals surface area contributed by atoms with E-state index < -0.39 is 16.4 Å². The summed E-state index contributed by atoms with van der Waals surface area (Å²) in [7, 11) is -5.38. The second kappa shape index (κ2) is 16.9. The van der Waals surface area contributed by atoms with Crippen LogP contribution in [0.25, 0.3) is 0 Å². The second-order valence-electron chi connectivity index (χ2n) is 5.50. The first-order valence-electron chi connectivity index (χ1n) is 9.26. The molecule has 0 unspecified atom stereocenters. The molecule has 0 aromatic heterocycles. The van der Waals surface area contributed by atoms with Gasteiger partial charge in [-0.15, -0.1) is 0 Å². The Balaban J connectivity index is 4.64. The lowest BCUT2D eigenvalue weighted by molar-refractivity contribution is 0.129. The van der Waals surface area contributed by atoms with Gasteiger partial charge in [0.25, 0.3) is 0 Å². The summed E-state index contributed by atoms with van der Waals surface area (Å²) in [5.74, 6) is 0. The normalized spacial score (nSPS) is 12.2. The summed E-state index contributed by atoms with van der Waals surface area (Å²) in [5, 5.41) is 0. The number of phosphoric ester groups is 1. The molecule has 0 aromatic rings. The highest BCUT2D eigenvalue weighted by Crippen LogP contribution is 2.61. The minimum atomic E-state index is -3.65. The Labute approximate surface area is 149 Å². The molecule has 0 atom stereocenters. The summed E-state index contributed by atoms with van der Waals surface area (Å²) in [5.41, 5.74) is 0. The standard InChI is InChI=1S/C16H36O6P2/c1-5-9-13-18-23(19-14-10-6-2)22-24(17,20-15-11-7-3)21-16-12-8-4/h5-16H2,1-4H3. The molecule has 0 aliphatic rings. The Morgan fingerprint density at radius 2 is 1.04 bits per heavy atom. The third-order valence-electron chi connectivity index (χ3n) is 3.05. The van der Waals surface area contributed by atoms with Crippen molar-refractivity contribution < 1.29 is 27.0 Å². The average molecular weight is 386 g/mol. The van der Waals surface area contributed by atoms with Crippen molar-refractivity contribution in [3.63, 3.8) is 0 Å². The molecule has 6 nitrogen and oxygen atoms in total. The van der Waals surface area contributed by atoms with E-state index in [0.717, 1.165) is 51.4 Å². The maximum atomic E-state index is 12.8. The van der Waals surface area contributed by atoms with Gasteiger partial charge in [-0.25, -0.2) is 8.88 Å². The number of hydrogen-bond acceptors (Lipinski definition) is 6. The summed E-state index contributed by atoms with van der Waals surface area (Å²) in [6.45, 7) is 9.95. The van der Waals surface area contributed by atoms with Gasteiger partial charge in [-0.2, -0.15) is 0 Å². The number of rotatable bonds is 18. The molecule has 0 aliphatic carbocycles. The minimum absolute atomic E-state index is 0.340. The highest BCUT2D eigenvalue weighted by molar-refractivity contribution is 7.59. The molecule has 146 valence electrons. The predicted octanol–water partition coefficient (Wildman–Crippen LogP) is 6.60. The zero-order valence-electron chi connectivity index (χ0n) is 15.8. The predicted molar refractivity (Wildman–Crippen MR) is 99.1 cm³/mol. The summed E-state index contributed by atoms with van der Waals surface area (Å²) < 4.78 is 40.5. The monoisotopic (exact) mass is 386 g/mol. The number of unbranched alkanes of at least 4 members (excludes halogenated alkanes) is 4. The van der Waals surface area contributed by atoms with E-state index in [1.807, 2.05) is 13.8 Å². The fourth-order valence-corrected chi connectivity index (χ4v) is 4.28. The van der Waals surface area contributed by atoms with Crippen LogP contribution in [-0.4, -0.2) is 26.4 Å². The van der Waals surface area contributed by atoms with Crippen LogP contribution >= 0.6 is 16.4 Å². The van der Waals surface area contributed by atoms with E-state index in [9.17, 15) is 4.57 Å². The minimum Gasteiger partial charge on any atom is -0.312 e. The molecular weight excluding hydrogens is 350 g/mol. The Hall–Kier alpha value is 0.460. The summed E-state index contributed by atoms with van der Waals surface area (Å²) in [6, 6.07) is 0. The van der Waals surface area contributed by atoms with Gasteiger partial charge in [-0.1, -0.05) is 53.4 Å². The summed E-state index contributed by atoms with van der Waals surface area (Å²) in [4.78, 5) is 0. The topological polar surface area (TPSA) is 63.2 Å². The van der Waals surface area contributed by atoms with Gasteiger partial charge in [0, 0.05) is 0 Å². The van der Waals surface area contributed by atoms with Crippen LogP contribution in [0.1, 0.15) is 79.1 Å². The molecule has 0 radical (unpaired) electrons. The lowest BCUT2D eigenvalue weighted by Gasteiger charge is -2.22. The highest BCUT2D eigenvalue weighted by atomic mass is 31.3. The molecule has 0 heterocycles. The lowest BCUT2D eigenvalue weighted by atomic mass is 10.4. The van der Waals surface area contributed by atoms with Crippen molar-refractivity contribution in [3.8, 4) is 0 Å². The van der Waals surface area contributed by atoms with E-state index in [-0.39, 0.29) is 0 Å². The van der Waals surface area contributed by atoms with Gasteiger partial charge in [0.1, 0.15) is 0 Å². The van der Waals surface area contributed by atoms with Crippen LogP contribution in [0.5, 0.6) is 0 Å². The van der Waals surface area contributed by atoms with Crippen LogP contribution in [0.4, 0.5) is 0 Å². The van der Waals surface area contributed by atoms with E-state index >= 15 is 0 Å². The Morgan fingerprint density at radius 3 is 1.42 bits per heavy atom. The van der Waals surface area contributed by atoms with Crippen LogP contribution in [0.3, 0.4) is 0 Å². The van der Waals surface area contributed by atoms with Crippen molar-refractivity contribution in [2.45, 2.75) is 79.1 Å². The van der Waals surface area contributed by atoms with Crippen LogP contribution < -0.4 is 0 Å². The lowest BCUT2D eigenvalue weighted by Crippen LogP contribution is -2.04. The van der Waals surface area contributed by atoms with Crippen LogP contribution in [-0.2, 0) is 27.0 Å². The molecule has 0 saturated carbocycles. The average Bonchev–Trinajstić information content (AvgIpc) is 2.55. The van der Waals surface area contributed by atoms with E-state index in [2.05, 4.69) is 13.8 Å². The first kappa shape index (κ1) is 24.5. The van der Waals surface area contributed by atoms with Gasteiger partial charge in [-0.05, 0) is 25.7 Å². The molecule has 0 aromatic carbocycles. The number of phosphoric acid groups is 1. The van der Waals surface area contributed by atoms with Gasteiger partial charge >= 0.3 is 16.4 Å². The van der Waals surface area contributed by atoms with Gasteiger partial charge in [-0.3, -0.25) is 9.05 Å². The molecule has 0 fully saturated rings. The van der Waals surface area contributed by atoms with E-state index in [1.54, 1.807) is 0 Å². The molecule has 0 amide bonds. The van der Waals surface area contributed by atoms with Gasteiger partial charge < -0.3 is 9.05 Å². The molecule has 24 heavy (non-hydrogen) atoms. The van der Waals surface area contributed by atoms with E-state index in [1.165, 1.54) is 0 Å². The Bertz CT molecular complexity index is 293. The molecule has 8 heteroatoms. The van der Waals surface area contributed by atoms with Crippen molar-refractivity contribution in [1.29, 1.82) is 0 Å². The Morgan fingerprint density at radius 1 is 0.667 bits per heavy atom. The van der Waals surface area contributed by atoms with Crippen LogP contribution in [0, 0.1) is 0 Å². The highest BCUT2D eigenvalue weighted by Gasteiger charge is 2.33. The SMILES string of the molecule is CCCCOP(OCCCC)OP(=O)(OCCCC)OCCCC. The third-order valence-corrected chi connectivity index (χ3v) is 6.17. The molecule has 0 rings (SSSR count). The Kier molecular flexibility index (Phi) is 17.2. The smallest absolute Gasteiger partial charge is 0.312 e. The third kappa shape index (κ3) is 13.7. The van der Waals surface area contributed by atoms with Crippen molar-refractivity contribution >= 4 is 16.4 Å². The zero-order valence-corrected chi connectivity index (χ0v) is 17.6. The van der Waals surface area contributed by atoms with Crippen LogP contribution in [0.15, 0.2) is 0 Å². The second-order valence-corrected chi connectivity index (χ2v) is 8.53. The maximum absolute atomic E-state index is 12.8. The number of hydrogen-bond donors (Lipinski definition) is 0. The molecule has 0 bridgehead atoms. The molecule has 0 spiro atoms. The van der Waals surface area contributed by atoms with E-state index in [4.69, 9.17) is 22.4 Å². The first-order chi connectivity index (χ1) is 11.6. The fraction of sp³-hybridized carbons (Fsp3) is 1.00. The molecule has 0 aliphatic heterocycles. The fourth-order valence-electron chi connectivity index (χ4n) is 1.46. The quantitative estimate of drug-likeness (QED) is 0.195. The molecular formula is C16H36O6P2. The molecule has 0 N–H and O–H groups in total. The van der Waals surface area contributed by atoms with Crippen molar-refractivity contribution in [2.75, 3.05) is 26.4 Å².